The molecule has 27 heavy (non-hydrogen) atoms. The van der Waals surface area contributed by atoms with Crippen molar-refractivity contribution in [1.29, 1.82) is 0 Å². The zero-order valence-corrected chi connectivity index (χ0v) is 18.5. The van der Waals surface area contributed by atoms with Crippen LogP contribution in [0, 0.1) is 0 Å². The molecule has 0 atom stereocenters. The van der Waals surface area contributed by atoms with Crippen molar-refractivity contribution in [3.05, 3.63) is 0 Å². The maximum Gasteiger partial charge on any atom is 0.220 e. The van der Waals surface area contributed by atoms with Crippen molar-refractivity contribution < 1.29 is 23.8 Å². The van der Waals surface area contributed by atoms with E-state index in [1.165, 1.54) is 6.92 Å². The highest BCUT2D eigenvalue weighted by molar-refractivity contribution is 5.83. The number of carbonyl (C=O) groups excluding carboxylic acids is 2. The summed E-state index contributed by atoms with van der Waals surface area (Å²) in [5, 5.41) is 5.81. The van der Waals surface area contributed by atoms with Crippen molar-refractivity contribution in [3.8, 4) is 0 Å². The summed E-state index contributed by atoms with van der Waals surface area (Å²) in [5.41, 5.74) is 0. The topological polar surface area (TPSA) is 85.9 Å². The zero-order chi connectivity index (χ0) is 21.2. The van der Waals surface area contributed by atoms with Crippen molar-refractivity contribution in [2.24, 2.45) is 0 Å². The minimum Gasteiger partial charge on any atom is -0.379 e. The molecule has 0 radical (unpaired) electrons. The molecular formula is C20H44N2O5. The average molecular weight is 393 g/mol. The van der Waals surface area contributed by atoms with Crippen LogP contribution in [0.3, 0.4) is 0 Å². The Morgan fingerprint density at radius 2 is 1.15 bits per heavy atom. The summed E-state index contributed by atoms with van der Waals surface area (Å²) in [6.07, 6.45) is 2.32. The van der Waals surface area contributed by atoms with E-state index in [0.717, 1.165) is 26.0 Å². The molecule has 0 spiro atoms. The zero-order valence-electron chi connectivity index (χ0n) is 18.5. The molecule has 0 aliphatic heterocycles. The Morgan fingerprint density at radius 3 is 1.59 bits per heavy atom. The Bertz CT molecular complexity index is 302. The SMILES string of the molecule is CC.CC.CNCCCOCCOCCOCCCNC(=O)CCC(C)=O. The monoisotopic (exact) mass is 392 g/mol. The van der Waals surface area contributed by atoms with Crippen molar-refractivity contribution >= 4 is 11.7 Å². The largest absolute Gasteiger partial charge is 0.379 e. The summed E-state index contributed by atoms with van der Waals surface area (Å²) in [5.74, 6) is -0.0508. The fourth-order valence-electron chi connectivity index (χ4n) is 1.67. The Labute approximate surface area is 166 Å². The third-order valence-corrected chi connectivity index (χ3v) is 2.95. The summed E-state index contributed by atoms with van der Waals surface area (Å²) in [7, 11) is 1.92. The van der Waals surface area contributed by atoms with Gasteiger partial charge in [-0.25, -0.2) is 0 Å². The van der Waals surface area contributed by atoms with Crippen LogP contribution in [0.25, 0.3) is 0 Å². The van der Waals surface area contributed by atoms with Gasteiger partial charge in [0.05, 0.1) is 26.4 Å². The van der Waals surface area contributed by atoms with Gasteiger partial charge in [0, 0.05) is 32.6 Å². The molecule has 7 nitrogen and oxygen atoms in total. The van der Waals surface area contributed by atoms with Gasteiger partial charge in [-0.3, -0.25) is 4.79 Å². The molecule has 164 valence electrons. The van der Waals surface area contributed by atoms with Crippen LogP contribution < -0.4 is 10.6 Å². The highest BCUT2D eigenvalue weighted by Gasteiger charge is 2.02. The maximum atomic E-state index is 11.3. The second-order valence-corrected chi connectivity index (χ2v) is 5.20. The van der Waals surface area contributed by atoms with Gasteiger partial charge in [0.1, 0.15) is 5.78 Å². The first-order chi connectivity index (χ1) is 13.2. The molecule has 0 fully saturated rings. The fourth-order valence-corrected chi connectivity index (χ4v) is 1.67. The Balaban J connectivity index is -0.00000134. The van der Waals surface area contributed by atoms with E-state index in [4.69, 9.17) is 14.2 Å². The number of carbonyl (C=O) groups is 2. The van der Waals surface area contributed by atoms with Gasteiger partial charge in [-0.15, -0.1) is 0 Å². The second kappa shape index (κ2) is 29.7. The third-order valence-electron chi connectivity index (χ3n) is 2.95. The van der Waals surface area contributed by atoms with Gasteiger partial charge in [-0.1, -0.05) is 27.7 Å². The summed E-state index contributed by atoms with van der Waals surface area (Å²) >= 11 is 0. The van der Waals surface area contributed by atoms with E-state index in [-0.39, 0.29) is 18.1 Å². The maximum absolute atomic E-state index is 11.3. The second-order valence-electron chi connectivity index (χ2n) is 5.20. The van der Waals surface area contributed by atoms with Crippen molar-refractivity contribution in [3.63, 3.8) is 0 Å². The normalized spacial score (nSPS) is 9.56. The van der Waals surface area contributed by atoms with Crippen LogP contribution in [0.5, 0.6) is 0 Å². The Morgan fingerprint density at radius 1 is 0.704 bits per heavy atom. The van der Waals surface area contributed by atoms with Gasteiger partial charge in [-0.05, 0) is 33.4 Å². The van der Waals surface area contributed by atoms with Crippen LogP contribution in [-0.4, -0.2) is 71.5 Å². The van der Waals surface area contributed by atoms with Gasteiger partial charge in [-0.2, -0.15) is 0 Å². The number of ether oxygens (including phenoxy) is 3. The number of hydrogen-bond acceptors (Lipinski definition) is 6. The predicted octanol–water partition coefficient (Wildman–Crippen LogP) is 2.57. The van der Waals surface area contributed by atoms with Crippen LogP contribution in [0.1, 0.15) is 60.3 Å². The molecule has 0 aromatic heterocycles. The number of amides is 1. The highest BCUT2D eigenvalue weighted by atomic mass is 16.5. The smallest absolute Gasteiger partial charge is 0.220 e. The van der Waals surface area contributed by atoms with Gasteiger partial charge < -0.3 is 29.6 Å². The number of ketones is 1. The molecule has 7 heteroatoms. The molecule has 0 aliphatic rings. The molecule has 0 unspecified atom stereocenters. The number of hydrogen-bond donors (Lipinski definition) is 2. The third kappa shape index (κ3) is 33.0. The van der Waals surface area contributed by atoms with Gasteiger partial charge in [0.15, 0.2) is 0 Å². The quantitative estimate of drug-likeness (QED) is 0.370. The van der Waals surface area contributed by atoms with Crippen molar-refractivity contribution in [1.82, 2.24) is 10.6 Å². The number of nitrogens with one attached hydrogen (secondary N) is 2. The van der Waals surface area contributed by atoms with Gasteiger partial charge in [0.25, 0.3) is 0 Å². The lowest BCUT2D eigenvalue weighted by molar-refractivity contribution is -0.124. The molecule has 0 saturated carbocycles. The van der Waals surface area contributed by atoms with Crippen LogP contribution in [0.2, 0.25) is 0 Å². The molecule has 0 saturated heterocycles. The Hall–Kier alpha value is -1.02. The lowest BCUT2D eigenvalue weighted by atomic mass is 10.2. The molecule has 2 N–H and O–H groups in total. The molecule has 0 heterocycles. The molecule has 0 aromatic carbocycles. The van der Waals surface area contributed by atoms with E-state index in [1.54, 1.807) is 0 Å². The summed E-state index contributed by atoms with van der Waals surface area (Å²) < 4.78 is 16.2. The molecule has 0 aliphatic carbocycles. The minimum atomic E-state index is -0.0850. The first kappa shape index (κ1) is 30.7. The fraction of sp³-hybridized carbons (Fsp3) is 0.900. The van der Waals surface area contributed by atoms with Crippen LogP contribution >= 0.6 is 0 Å². The molecule has 0 rings (SSSR count). The van der Waals surface area contributed by atoms with E-state index in [1.807, 2.05) is 34.7 Å². The van der Waals surface area contributed by atoms with Gasteiger partial charge in [0.2, 0.25) is 5.91 Å². The van der Waals surface area contributed by atoms with Crippen LogP contribution in [0.15, 0.2) is 0 Å². The Kier molecular flexibility index (Phi) is 33.8. The minimum absolute atomic E-state index is 0.0341. The van der Waals surface area contributed by atoms with Crippen molar-refractivity contribution in [2.45, 2.75) is 60.3 Å². The molecule has 1 amide bonds. The molecule has 0 bridgehead atoms. The highest BCUT2D eigenvalue weighted by Crippen LogP contribution is 1.90. The van der Waals surface area contributed by atoms with E-state index >= 15 is 0 Å². The first-order valence-electron chi connectivity index (χ1n) is 10.3. The first-order valence-corrected chi connectivity index (χ1v) is 10.3. The average Bonchev–Trinajstić information content (AvgIpc) is 2.69. The number of Topliss-reactive ketones (excluding diaryl/α,β-unsaturated/α-hetero) is 1. The number of rotatable bonds is 17. The van der Waals surface area contributed by atoms with E-state index in [2.05, 4.69) is 10.6 Å². The predicted molar refractivity (Wildman–Crippen MR) is 111 cm³/mol. The standard InChI is InChI=1S/C16H32N2O5.2C2H6/c1-15(19)5-6-16(20)18-8-4-10-22-12-14-23-13-11-21-9-3-7-17-2;2*1-2/h17H,3-14H2,1-2H3,(H,18,20);2*1-2H3. The van der Waals surface area contributed by atoms with E-state index < -0.39 is 0 Å². The van der Waals surface area contributed by atoms with Crippen LogP contribution in [-0.2, 0) is 23.8 Å². The summed E-state index contributed by atoms with van der Waals surface area (Å²) in [6.45, 7) is 14.6. The van der Waals surface area contributed by atoms with E-state index in [0.29, 0.717) is 46.0 Å². The molecule has 0 aromatic rings. The van der Waals surface area contributed by atoms with Gasteiger partial charge >= 0.3 is 0 Å². The molecular weight excluding hydrogens is 348 g/mol. The van der Waals surface area contributed by atoms with E-state index in [9.17, 15) is 9.59 Å². The summed E-state index contributed by atoms with van der Waals surface area (Å²) in [4.78, 5) is 22.1. The van der Waals surface area contributed by atoms with Crippen molar-refractivity contribution in [2.75, 3.05) is 59.8 Å². The van der Waals surface area contributed by atoms with Crippen LogP contribution in [0.4, 0.5) is 0 Å². The lowest BCUT2D eigenvalue weighted by Crippen LogP contribution is -2.25. The summed E-state index contributed by atoms with van der Waals surface area (Å²) in [6, 6.07) is 0. The lowest BCUT2D eigenvalue weighted by Gasteiger charge is -2.07.